The zero-order chi connectivity index (χ0) is 11.1. The fraction of sp³-hybridized carbons (Fsp3) is 0.545. The Kier molecular flexibility index (Phi) is 4.90. The molecule has 0 aliphatic heterocycles. The second-order valence-electron chi connectivity index (χ2n) is 3.51. The molecule has 15 heavy (non-hydrogen) atoms. The Bertz CT molecular complexity index is 282. The van der Waals surface area contributed by atoms with E-state index in [9.17, 15) is 9.90 Å². The molecule has 0 saturated heterocycles. The zero-order valence-electron chi connectivity index (χ0n) is 9.05. The first-order valence-corrected chi connectivity index (χ1v) is 5.27. The Morgan fingerprint density at radius 3 is 3.00 bits per heavy atom. The lowest BCUT2D eigenvalue weighted by Crippen LogP contribution is -2.28. The molecule has 0 spiro atoms. The molecule has 0 aromatic rings. The maximum atomic E-state index is 11.6. The van der Waals surface area contributed by atoms with Crippen molar-refractivity contribution in [3.8, 4) is 0 Å². The average Bonchev–Trinajstić information content (AvgIpc) is 2.25. The van der Waals surface area contributed by atoms with Crippen molar-refractivity contribution in [2.24, 2.45) is 0 Å². The van der Waals surface area contributed by atoms with Crippen LogP contribution in [-0.4, -0.2) is 31.2 Å². The smallest absolute Gasteiger partial charge is 0.254 e. The van der Waals surface area contributed by atoms with Crippen molar-refractivity contribution in [2.75, 3.05) is 20.1 Å². The lowest BCUT2D eigenvalue weighted by atomic mass is 10.0. The normalized spacial score (nSPS) is 15.5. The molecule has 1 rings (SSSR count). The van der Waals surface area contributed by atoms with Gasteiger partial charge in [0.25, 0.3) is 5.91 Å². The van der Waals surface area contributed by atoms with Gasteiger partial charge < -0.3 is 15.7 Å². The van der Waals surface area contributed by atoms with Crippen LogP contribution in [0.2, 0.25) is 0 Å². The van der Waals surface area contributed by atoms with Crippen LogP contribution < -0.4 is 10.6 Å². The first kappa shape index (κ1) is 11.8. The van der Waals surface area contributed by atoms with E-state index in [1.165, 1.54) is 0 Å². The number of amides is 1. The molecule has 4 nitrogen and oxygen atoms in total. The van der Waals surface area contributed by atoms with Crippen molar-refractivity contribution < 1.29 is 9.90 Å². The number of nitrogens with one attached hydrogen (secondary N) is 2. The van der Waals surface area contributed by atoms with Crippen LogP contribution in [0.3, 0.4) is 0 Å². The van der Waals surface area contributed by atoms with Crippen molar-refractivity contribution in [3.63, 3.8) is 0 Å². The van der Waals surface area contributed by atoms with E-state index in [1.807, 2.05) is 13.1 Å². The molecular formula is C11H18N2O2. The lowest BCUT2D eigenvalue weighted by molar-refractivity contribution is -0.117. The van der Waals surface area contributed by atoms with Crippen LogP contribution in [0, 0.1) is 0 Å². The van der Waals surface area contributed by atoms with Gasteiger partial charge >= 0.3 is 0 Å². The maximum Gasteiger partial charge on any atom is 0.254 e. The van der Waals surface area contributed by atoms with E-state index in [-0.39, 0.29) is 11.7 Å². The fourth-order valence-corrected chi connectivity index (χ4v) is 1.42. The van der Waals surface area contributed by atoms with E-state index in [0.717, 1.165) is 19.4 Å². The number of hydrogen-bond acceptors (Lipinski definition) is 3. The SMILES string of the molecule is CNCCCNC(=O)C1=C(O)CCC=C1. The summed E-state index contributed by atoms with van der Waals surface area (Å²) in [6, 6.07) is 0. The van der Waals surface area contributed by atoms with E-state index in [2.05, 4.69) is 10.6 Å². The van der Waals surface area contributed by atoms with Gasteiger partial charge in [-0.1, -0.05) is 12.2 Å². The number of aliphatic hydroxyl groups is 1. The van der Waals surface area contributed by atoms with Gasteiger partial charge in [0, 0.05) is 13.0 Å². The number of hydrogen-bond donors (Lipinski definition) is 3. The molecule has 0 atom stereocenters. The van der Waals surface area contributed by atoms with Gasteiger partial charge in [-0.25, -0.2) is 0 Å². The Labute approximate surface area is 90.1 Å². The molecule has 84 valence electrons. The van der Waals surface area contributed by atoms with Crippen molar-refractivity contribution >= 4 is 5.91 Å². The van der Waals surface area contributed by atoms with Crippen LogP contribution in [0.15, 0.2) is 23.5 Å². The molecule has 0 unspecified atom stereocenters. The minimum atomic E-state index is -0.181. The standard InChI is InChI=1S/C11H18N2O2/c1-12-7-4-8-13-11(15)9-5-2-3-6-10(9)14/h2,5,12,14H,3-4,6-8H2,1H3,(H,13,15). The summed E-state index contributed by atoms with van der Waals surface area (Å²) in [5.74, 6) is 0.0168. The van der Waals surface area contributed by atoms with Gasteiger partial charge in [0.05, 0.1) is 5.57 Å². The number of aliphatic hydroxyl groups excluding tert-OH is 1. The molecule has 1 aliphatic rings. The van der Waals surface area contributed by atoms with Crippen molar-refractivity contribution in [2.45, 2.75) is 19.3 Å². The first-order chi connectivity index (χ1) is 7.25. The topological polar surface area (TPSA) is 61.4 Å². The molecule has 0 aromatic carbocycles. The number of allylic oxidation sites excluding steroid dienone is 2. The molecule has 0 heterocycles. The first-order valence-electron chi connectivity index (χ1n) is 5.27. The third-order valence-electron chi connectivity index (χ3n) is 2.28. The Balaban J connectivity index is 2.36. The third kappa shape index (κ3) is 3.75. The summed E-state index contributed by atoms with van der Waals surface area (Å²) < 4.78 is 0. The number of carbonyl (C=O) groups excluding carboxylic acids is 1. The molecule has 1 aliphatic carbocycles. The van der Waals surface area contributed by atoms with E-state index >= 15 is 0 Å². The van der Waals surface area contributed by atoms with Gasteiger partial charge in [-0.15, -0.1) is 0 Å². The Hall–Kier alpha value is -1.29. The molecule has 0 radical (unpaired) electrons. The average molecular weight is 210 g/mol. The second-order valence-corrected chi connectivity index (χ2v) is 3.51. The molecule has 4 heteroatoms. The summed E-state index contributed by atoms with van der Waals surface area (Å²) in [7, 11) is 1.88. The molecule has 0 fully saturated rings. The Morgan fingerprint density at radius 1 is 1.53 bits per heavy atom. The van der Waals surface area contributed by atoms with Crippen LogP contribution in [0.25, 0.3) is 0 Å². The minimum Gasteiger partial charge on any atom is -0.511 e. The van der Waals surface area contributed by atoms with Gasteiger partial charge in [-0.05, 0) is 26.4 Å². The van der Waals surface area contributed by atoms with Crippen LogP contribution >= 0.6 is 0 Å². The summed E-state index contributed by atoms with van der Waals surface area (Å²) in [6.45, 7) is 1.51. The van der Waals surface area contributed by atoms with E-state index < -0.39 is 0 Å². The van der Waals surface area contributed by atoms with Crippen LogP contribution in [0.4, 0.5) is 0 Å². The third-order valence-corrected chi connectivity index (χ3v) is 2.28. The minimum absolute atomic E-state index is 0.181. The maximum absolute atomic E-state index is 11.6. The molecular weight excluding hydrogens is 192 g/mol. The number of rotatable bonds is 5. The molecule has 0 saturated carbocycles. The van der Waals surface area contributed by atoms with Crippen molar-refractivity contribution in [3.05, 3.63) is 23.5 Å². The second kappa shape index (κ2) is 6.24. The highest BCUT2D eigenvalue weighted by Gasteiger charge is 2.13. The van der Waals surface area contributed by atoms with Crippen molar-refractivity contribution in [1.82, 2.24) is 10.6 Å². The summed E-state index contributed by atoms with van der Waals surface area (Å²) in [5, 5.41) is 15.3. The molecule has 0 bridgehead atoms. The monoisotopic (exact) mass is 210 g/mol. The van der Waals surface area contributed by atoms with E-state index in [0.29, 0.717) is 18.5 Å². The summed E-state index contributed by atoms with van der Waals surface area (Å²) >= 11 is 0. The Morgan fingerprint density at radius 2 is 2.33 bits per heavy atom. The number of carbonyl (C=O) groups is 1. The quantitative estimate of drug-likeness (QED) is 0.590. The predicted octanol–water partition coefficient (Wildman–Crippen LogP) is 0.874. The fourth-order valence-electron chi connectivity index (χ4n) is 1.42. The molecule has 3 N–H and O–H groups in total. The summed E-state index contributed by atoms with van der Waals surface area (Å²) in [5.41, 5.74) is 0.408. The van der Waals surface area contributed by atoms with Crippen LogP contribution in [0.5, 0.6) is 0 Å². The summed E-state index contributed by atoms with van der Waals surface area (Å²) in [4.78, 5) is 11.6. The van der Waals surface area contributed by atoms with Gasteiger partial charge in [0.15, 0.2) is 0 Å². The molecule has 1 amide bonds. The van der Waals surface area contributed by atoms with Gasteiger partial charge in [-0.3, -0.25) is 4.79 Å². The highest BCUT2D eigenvalue weighted by Crippen LogP contribution is 2.16. The highest BCUT2D eigenvalue weighted by atomic mass is 16.3. The van der Waals surface area contributed by atoms with Gasteiger partial charge in [0.1, 0.15) is 5.76 Å². The zero-order valence-corrected chi connectivity index (χ0v) is 9.05. The van der Waals surface area contributed by atoms with Crippen LogP contribution in [0.1, 0.15) is 19.3 Å². The largest absolute Gasteiger partial charge is 0.511 e. The van der Waals surface area contributed by atoms with Crippen molar-refractivity contribution in [1.29, 1.82) is 0 Å². The van der Waals surface area contributed by atoms with Gasteiger partial charge in [0.2, 0.25) is 0 Å². The van der Waals surface area contributed by atoms with Gasteiger partial charge in [-0.2, -0.15) is 0 Å². The van der Waals surface area contributed by atoms with E-state index in [1.54, 1.807) is 6.08 Å². The predicted molar refractivity (Wildman–Crippen MR) is 59.6 cm³/mol. The molecule has 0 aromatic heterocycles. The highest BCUT2D eigenvalue weighted by molar-refractivity contribution is 5.96. The summed E-state index contributed by atoms with van der Waals surface area (Å²) in [6.07, 6.45) is 5.85. The van der Waals surface area contributed by atoms with E-state index in [4.69, 9.17) is 0 Å². The lowest BCUT2D eigenvalue weighted by Gasteiger charge is -2.11. The van der Waals surface area contributed by atoms with Crippen LogP contribution in [-0.2, 0) is 4.79 Å².